The molecule has 0 radical (unpaired) electrons. The van der Waals surface area contributed by atoms with Crippen molar-refractivity contribution in [1.82, 2.24) is 9.88 Å². The number of fused-ring (bicyclic) bond motifs is 1. The number of para-hydroxylation sites is 1. The summed E-state index contributed by atoms with van der Waals surface area (Å²) in [4.78, 5) is 28.9. The van der Waals surface area contributed by atoms with Crippen LogP contribution in [0.2, 0.25) is 0 Å². The summed E-state index contributed by atoms with van der Waals surface area (Å²) < 4.78 is 0. The zero-order valence-corrected chi connectivity index (χ0v) is 11.8. The van der Waals surface area contributed by atoms with E-state index in [1.165, 1.54) is 0 Å². The summed E-state index contributed by atoms with van der Waals surface area (Å²) in [6, 6.07) is 7.04. The number of piperidine rings is 1. The maximum atomic E-state index is 12.3. The monoisotopic (exact) mass is 286 g/mol. The van der Waals surface area contributed by atoms with E-state index in [9.17, 15) is 14.7 Å². The number of nitrogens with zero attached hydrogens (tertiary/aromatic N) is 1. The number of hydrogen-bond donors (Lipinski definition) is 2. The molecule has 1 aromatic carbocycles. The highest BCUT2D eigenvalue weighted by Gasteiger charge is 2.20. The maximum Gasteiger partial charge on any atom is 0.255 e. The van der Waals surface area contributed by atoms with Crippen LogP contribution in [0.4, 0.5) is 0 Å². The van der Waals surface area contributed by atoms with Crippen LogP contribution in [0.25, 0.3) is 10.9 Å². The number of hydrogen-bond acceptors (Lipinski definition) is 3. The molecule has 5 heteroatoms. The zero-order chi connectivity index (χ0) is 14.8. The van der Waals surface area contributed by atoms with Crippen LogP contribution in [-0.2, 0) is 11.2 Å². The molecule has 2 N–H and O–H groups in total. The lowest BCUT2D eigenvalue weighted by Gasteiger charge is -2.26. The summed E-state index contributed by atoms with van der Waals surface area (Å²) in [5.74, 6) is -0.175. The molecule has 110 valence electrons. The molecular formula is C16H18N2O3. The topological polar surface area (TPSA) is 73.4 Å². The minimum absolute atomic E-state index is 0.0496. The number of benzene rings is 1. The van der Waals surface area contributed by atoms with Crippen LogP contribution in [0, 0.1) is 0 Å². The molecule has 21 heavy (non-hydrogen) atoms. The predicted octanol–water partition coefficient (Wildman–Crippen LogP) is 1.79. The van der Waals surface area contributed by atoms with Gasteiger partial charge in [0.15, 0.2) is 0 Å². The summed E-state index contributed by atoms with van der Waals surface area (Å²) in [7, 11) is 0. The van der Waals surface area contributed by atoms with Crippen molar-refractivity contribution in [2.75, 3.05) is 13.1 Å². The standard InChI is InChI=1S/C16H18N2O3/c19-14(18-8-4-1-5-9-18)10-12-15(20)11-6-2-3-7-13(11)17-16(12)21/h2-3,6-7H,1,4-5,8-10H2,(H2,17,20,21). The second-order valence-corrected chi connectivity index (χ2v) is 5.45. The van der Waals surface area contributed by atoms with Crippen molar-refractivity contribution in [3.63, 3.8) is 0 Å². The molecule has 0 unspecified atom stereocenters. The molecule has 1 aliphatic rings. The number of H-pyrrole nitrogens is 1. The molecule has 2 aromatic rings. The highest BCUT2D eigenvalue weighted by molar-refractivity contribution is 5.88. The third-order valence-corrected chi connectivity index (χ3v) is 4.03. The second kappa shape index (κ2) is 5.60. The van der Waals surface area contributed by atoms with Crippen LogP contribution >= 0.6 is 0 Å². The third kappa shape index (κ3) is 2.63. The number of likely N-dealkylation sites (tertiary alicyclic amines) is 1. The Morgan fingerprint density at radius 2 is 1.90 bits per heavy atom. The van der Waals surface area contributed by atoms with Gasteiger partial charge in [-0.1, -0.05) is 12.1 Å². The molecule has 0 spiro atoms. The van der Waals surface area contributed by atoms with Gasteiger partial charge in [-0.3, -0.25) is 9.59 Å². The smallest absolute Gasteiger partial charge is 0.255 e. The number of carbonyl (C=O) groups excluding carboxylic acids is 1. The van der Waals surface area contributed by atoms with Crippen LogP contribution in [0.15, 0.2) is 29.1 Å². The molecule has 0 bridgehead atoms. The molecule has 0 saturated carbocycles. The normalized spacial score (nSPS) is 15.3. The van der Waals surface area contributed by atoms with Gasteiger partial charge in [-0.2, -0.15) is 0 Å². The summed E-state index contributed by atoms with van der Waals surface area (Å²) in [5.41, 5.74) is 0.343. The average Bonchev–Trinajstić information content (AvgIpc) is 2.52. The van der Waals surface area contributed by atoms with Crippen molar-refractivity contribution in [1.29, 1.82) is 0 Å². The number of aromatic nitrogens is 1. The van der Waals surface area contributed by atoms with Crippen LogP contribution in [0.3, 0.4) is 0 Å². The SMILES string of the molecule is O=C(Cc1c(O)c2ccccc2[nH]c1=O)N1CCCCC1. The number of aromatic hydroxyl groups is 1. The van der Waals surface area contributed by atoms with Gasteiger partial charge in [0, 0.05) is 18.5 Å². The molecule has 1 amide bonds. The molecule has 0 atom stereocenters. The Bertz CT molecular complexity index is 730. The molecule has 1 aromatic heterocycles. The first-order chi connectivity index (χ1) is 10.2. The third-order valence-electron chi connectivity index (χ3n) is 4.03. The lowest BCUT2D eigenvalue weighted by Crippen LogP contribution is -2.37. The van der Waals surface area contributed by atoms with Gasteiger partial charge >= 0.3 is 0 Å². The first-order valence-electron chi connectivity index (χ1n) is 7.27. The minimum Gasteiger partial charge on any atom is -0.507 e. The first kappa shape index (κ1) is 13.7. The molecule has 1 saturated heterocycles. The average molecular weight is 286 g/mol. The summed E-state index contributed by atoms with van der Waals surface area (Å²) in [6.45, 7) is 1.48. The lowest BCUT2D eigenvalue weighted by atomic mass is 10.1. The van der Waals surface area contributed by atoms with Gasteiger partial charge in [0.2, 0.25) is 5.91 Å². The maximum absolute atomic E-state index is 12.3. The Morgan fingerprint density at radius 1 is 1.19 bits per heavy atom. The Balaban J connectivity index is 1.93. The van der Waals surface area contributed by atoms with Gasteiger partial charge in [-0.25, -0.2) is 0 Å². The van der Waals surface area contributed by atoms with E-state index in [2.05, 4.69) is 4.98 Å². The van der Waals surface area contributed by atoms with Crippen LogP contribution in [0.5, 0.6) is 5.75 Å². The number of amides is 1. The van der Waals surface area contributed by atoms with Gasteiger partial charge in [0.25, 0.3) is 5.56 Å². The van der Waals surface area contributed by atoms with Gasteiger partial charge in [0.1, 0.15) is 5.75 Å². The molecule has 2 heterocycles. The summed E-state index contributed by atoms with van der Waals surface area (Å²) in [6.07, 6.45) is 3.11. The summed E-state index contributed by atoms with van der Waals surface area (Å²) >= 11 is 0. The van der Waals surface area contributed by atoms with Crippen LogP contribution in [0.1, 0.15) is 24.8 Å². The van der Waals surface area contributed by atoms with Crippen LogP contribution < -0.4 is 5.56 Å². The molecule has 1 aliphatic heterocycles. The molecule has 3 rings (SSSR count). The van der Waals surface area contributed by atoms with Gasteiger partial charge in [0.05, 0.1) is 17.5 Å². The van der Waals surface area contributed by atoms with E-state index in [-0.39, 0.29) is 23.6 Å². The minimum atomic E-state index is -0.392. The Kier molecular flexibility index (Phi) is 3.64. The fourth-order valence-electron chi connectivity index (χ4n) is 2.84. The van der Waals surface area contributed by atoms with Gasteiger partial charge in [-0.15, -0.1) is 0 Å². The van der Waals surface area contributed by atoms with E-state index in [1.807, 2.05) is 0 Å². The van der Waals surface area contributed by atoms with Gasteiger partial charge in [-0.05, 0) is 31.4 Å². The van der Waals surface area contributed by atoms with E-state index in [0.29, 0.717) is 10.9 Å². The highest BCUT2D eigenvalue weighted by atomic mass is 16.3. The van der Waals surface area contributed by atoms with Crippen molar-refractivity contribution in [3.8, 4) is 5.75 Å². The quantitative estimate of drug-likeness (QED) is 0.884. The number of carbonyl (C=O) groups is 1. The molecule has 1 fully saturated rings. The van der Waals surface area contributed by atoms with Crippen molar-refractivity contribution in [2.45, 2.75) is 25.7 Å². The Labute approximate surface area is 122 Å². The van der Waals surface area contributed by atoms with E-state index < -0.39 is 5.56 Å². The number of rotatable bonds is 2. The number of nitrogens with one attached hydrogen (secondary N) is 1. The van der Waals surface area contributed by atoms with Crippen molar-refractivity contribution in [3.05, 3.63) is 40.2 Å². The number of pyridine rings is 1. The lowest BCUT2D eigenvalue weighted by molar-refractivity contribution is -0.131. The predicted molar refractivity (Wildman–Crippen MR) is 80.4 cm³/mol. The Morgan fingerprint density at radius 3 is 2.67 bits per heavy atom. The van der Waals surface area contributed by atoms with Crippen molar-refractivity contribution < 1.29 is 9.90 Å². The van der Waals surface area contributed by atoms with Crippen LogP contribution in [-0.4, -0.2) is 34.0 Å². The number of aromatic amines is 1. The summed E-state index contributed by atoms with van der Waals surface area (Å²) in [5, 5.41) is 10.9. The van der Waals surface area contributed by atoms with E-state index in [4.69, 9.17) is 0 Å². The van der Waals surface area contributed by atoms with Crippen molar-refractivity contribution >= 4 is 16.8 Å². The molecule has 0 aliphatic carbocycles. The largest absolute Gasteiger partial charge is 0.507 e. The molecular weight excluding hydrogens is 268 g/mol. The highest BCUT2D eigenvalue weighted by Crippen LogP contribution is 2.25. The first-order valence-corrected chi connectivity index (χ1v) is 7.27. The Hall–Kier alpha value is -2.30. The second-order valence-electron chi connectivity index (χ2n) is 5.45. The fraction of sp³-hybridized carbons (Fsp3) is 0.375. The molecule has 5 nitrogen and oxygen atoms in total. The van der Waals surface area contributed by atoms with Crippen molar-refractivity contribution in [2.24, 2.45) is 0 Å². The zero-order valence-electron chi connectivity index (χ0n) is 11.8. The van der Waals surface area contributed by atoms with E-state index in [0.717, 1.165) is 32.4 Å². The van der Waals surface area contributed by atoms with E-state index >= 15 is 0 Å². The fourth-order valence-corrected chi connectivity index (χ4v) is 2.84. The van der Waals surface area contributed by atoms with Gasteiger partial charge < -0.3 is 15.0 Å². The van der Waals surface area contributed by atoms with E-state index in [1.54, 1.807) is 29.2 Å².